The number of rotatable bonds is 8. The number of hydrogen-bond donors (Lipinski definition) is 4. The van der Waals surface area contributed by atoms with Crippen molar-refractivity contribution in [2.45, 2.75) is 19.2 Å². The monoisotopic (exact) mass is 425 g/mol. The van der Waals surface area contributed by atoms with Crippen LogP contribution in [0.2, 0.25) is 0 Å². The van der Waals surface area contributed by atoms with Crippen LogP contribution in [-0.2, 0) is 13.1 Å². The molecule has 31 heavy (non-hydrogen) atoms. The summed E-state index contributed by atoms with van der Waals surface area (Å²) < 4.78 is 0. The SMILES string of the molecule is OC(CN1CCNCCNCCNCC1)CN(Cc1ccccc1)Cc1ccccc1. The molecule has 1 atom stereocenters. The Labute approximate surface area is 187 Å². The maximum atomic E-state index is 11.0. The highest BCUT2D eigenvalue weighted by atomic mass is 16.3. The van der Waals surface area contributed by atoms with Crippen LogP contribution in [0.4, 0.5) is 0 Å². The fourth-order valence-corrected chi connectivity index (χ4v) is 4.02. The number of nitrogens with one attached hydrogen (secondary N) is 3. The van der Waals surface area contributed by atoms with E-state index in [0.717, 1.165) is 65.4 Å². The van der Waals surface area contributed by atoms with E-state index in [1.54, 1.807) is 0 Å². The van der Waals surface area contributed by atoms with Crippen molar-refractivity contribution < 1.29 is 5.11 Å². The summed E-state index contributed by atoms with van der Waals surface area (Å²) in [5.41, 5.74) is 2.55. The fraction of sp³-hybridized carbons (Fsp3) is 0.520. The Morgan fingerprint density at radius 3 is 1.65 bits per heavy atom. The molecule has 0 radical (unpaired) electrons. The summed E-state index contributed by atoms with van der Waals surface area (Å²) >= 11 is 0. The summed E-state index contributed by atoms with van der Waals surface area (Å²) in [6.07, 6.45) is -0.387. The highest BCUT2D eigenvalue weighted by Gasteiger charge is 2.16. The maximum absolute atomic E-state index is 11.0. The van der Waals surface area contributed by atoms with E-state index in [1.165, 1.54) is 11.1 Å². The lowest BCUT2D eigenvalue weighted by atomic mass is 10.1. The number of β-amino-alcohol motifs (C(OH)–C–C–N with tert-alkyl or cyclic N) is 1. The predicted octanol–water partition coefficient (Wildman–Crippen LogP) is 1.13. The molecule has 1 aliphatic heterocycles. The second kappa shape index (κ2) is 14.3. The average Bonchev–Trinajstić information content (AvgIpc) is 2.77. The molecule has 0 saturated carbocycles. The lowest BCUT2D eigenvalue weighted by Gasteiger charge is -2.30. The predicted molar refractivity (Wildman–Crippen MR) is 128 cm³/mol. The third kappa shape index (κ3) is 9.91. The lowest BCUT2D eigenvalue weighted by molar-refractivity contribution is 0.0686. The standard InChI is InChI=1S/C25H39N5O/c31-25(21-29-17-15-27-13-11-26-12-14-28-16-18-29)22-30(19-23-7-3-1-4-8-23)20-24-9-5-2-6-10-24/h1-10,25-28,31H,11-22H2. The van der Waals surface area contributed by atoms with Gasteiger partial charge in [0, 0.05) is 78.5 Å². The van der Waals surface area contributed by atoms with Crippen LogP contribution in [0.15, 0.2) is 60.7 Å². The van der Waals surface area contributed by atoms with Crippen LogP contribution in [0, 0.1) is 0 Å². The van der Waals surface area contributed by atoms with E-state index in [9.17, 15) is 5.11 Å². The quantitative estimate of drug-likeness (QED) is 0.509. The zero-order valence-electron chi connectivity index (χ0n) is 18.7. The summed E-state index contributed by atoms with van der Waals surface area (Å²) in [6.45, 7) is 10.8. The van der Waals surface area contributed by atoms with Crippen LogP contribution >= 0.6 is 0 Å². The molecule has 2 aromatic carbocycles. The highest BCUT2D eigenvalue weighted by molar-refractivity contribution is 5.17. The molecule has 0 aromatic heterocycles. The van der Waals surface area contributed by atoms with Crippen molar-refractivity contribution in [1.29, 1.82) is 0 Å². The van der Waals surface area contributed by atoms with E-state index >= 15 is 0 Å². The minimum atomic E-state index is -0.387. The molecule has 6 heteroatoms. The van der Waals surface area contributed by atoms with Gasteiger partial charge in [-0.05, 0) is 11.1 Å². The van der Waals surface area contributed by atoms with Gasteiger partial charge in [0.1, 0.15) is 0 Å². The van der Waals surface area contributed by atoms with E-state index in [2.05, 4.69) is 86.4 Å². The Kier molecular flexibility index (Phi) is 11.0. The Bertz CT molecular complexity index is 646. The smallest absolute Gasteiger partial charge is 0.0794 e. The van der Waals surface area contributed by atoms with Gasteiger partial charge in [0.25, 0.3) is 0 Å². The molecule has 1 fully saturated rings. The van der Waals surface area contributed by atoms with Crippen LogP contribution in [0.25, 0.3) is 0 Å². The molecular weight excluding hydrogens is 386 g/mol. The van der Waals surface area contributed by atoms with Crippen LogP contribution in [0.3, 0.4) is 0 Å². The van der Waals surface area contributed by atoms with Crippen molar-refractivity contribution in [3.8, 4) is 0 Å². The zero-order chi connectivity index (χ0) is 21.6. The van der Waals surface area contributed by atoms with Crippen molar-refractivity contribution >= 4 is 0 Å². The minimum Gasteiger partial charge on any atom is -0.390 e. The lowest BCUT2D eigenvalue weighted by Crippen LogP contribution is -2.46. The number of aliphatic hydroxyl groups is 1. The van der Waals surface area contributed by atoms with Gasteiger partial charge in [0.05, 0.1) is 6.10 Å². The number of hydrogen-bond acceptors (Lipinski definition) is 6. The van der Waals surface area contributed by atoms with Gasteiger partial charge in [-0.1, -0.05) is 60.7 Å². The highest BCUT2D eigenvalue weighted by Crippen LogP contribution is 2.11. The Morgan fingerprint density at radius 1 is 0.710 bits per heavy atom. The van der Waals surface area contributed by atoms with E-state index in [0.29, 0.717) is 13.1 Å². The van der Waals surface area contributed by atoms with Gasteiger partial charge in [-0.25, -0.2) is 0 Å². The summed E-state index contributed by atoms with van der Waals surface area (Å²) in [5.74, 6) is 0. The summed E-state index contributed by atoms with van der Waals surface area (Å²) in [7, 11) is 0. The second-order valence-electron chi connectivity index (χ2n) is 8.35. The first-order valence-electron chi connectivity index (χ1n) is 11.6. The van der Waals surface area contributed by atoms with Crippen molar-refractivity contribution in [3.63, 3.8) is 0 Å². The molecule has 1 unspecified atom stereocenters. The minimum absolute atomic E-state index is 0.387. The van der Waals surface area contributed by atoms with Gasteiger partial charge >= 0.3 is 0 Å². The number of benzene rings is 2. The van der Waals surface area contributed by atoms with Crippen molar-refractivity contribution in [2.75, 3.05) is 65.4 Å². The molecule has 0 aliphatic carbocycles. The van der Waals surface area contributed by atoms with Crippen LogP contribution in [0.1, 0.15) is 11.1 Å². The van der Waals surface area contributed by atoms with Gasteiger partial charge in [-0.3, -0.25) is 9.80 Å². The third-order valence-electron chi connectivity index (χ3n) is 5.60. The van der Waals surface area contributed by atoms with E-state index < -0.39 is 0 Å². The molecule has 4 N–H and O–H groups in total. The topological polar surface area (TPSA) is 62.8 Å². The average molecular weight is 426 g/mol. The molecule has 170 valence electrons. The molecule has 2 aromatic rings. The molecule has 0 spiro atoms. The molecule has 0 amide bonds. The third-order valence-corrected chi connectivity index (χ3v) is 5.60. The normalized spacial score (nSPS) is 18.3. The first kappa shape index (κ1) is 23.9. The molecule has 0 bridgehead atoms. The van der Waals surface area contributed by atoms with Crippen molar-refractivity contribution in [1.82, 2.24) is 25.8 Å². The van der Waals surface area contributed by atoms with Gasteiger partial charge in [0.2, 0.25) is 0 Å². The number of aliphatic hydroxyl groups excluding tert-OH is 1. The maximum Gasteiger partial charge on any atom is 0.0794 e. The summed E-state index contributed by atoms with van der Waals surface area (Å²) in [4.78, 5) is 4.73. The first-order valence-corrected chi connectivity index (χ1v) is 11.6. The van der Waals surface area contributed by atoms with Crippen molar-refractivity contribution in [3.05, 3.63) is 71.8 Å². The Hall–Kier alpha value is -1.80. The first-order chi connectivity index (χ1) is 15.3. The van der Waals surface area contributed by atoms with Crippen molar-refractivity contribution in [2.24, 2.45) is 0 Å². The Morgan fingerprint density at radius 2 is 1.16 bits per heavy atom. The number of nitrogens with zero attached hydrogens (tertiary/aromatic N) is 2. The largest absolute Gasteiger partial charge is 0.390 e. The summed E-state index contributed by atoms with van der Waals surface area (Å²) in [6, 6.07) is 21.1. The molecular formula is C25H39N5O. The molecule has 3 rings (SSSR count). The summed E-state index contributed by atoms with van der Waals surface area (Å²) in [5, 5.41) is 21.4. The van der Waals surface area contributed by atoms with Gasteiger partial charge in [-0.15, -0.1) is 0 Å². The second-order valence-corrected chi connectivity index (χ2v) is 8.35. The van der Waals surface area contributed by atoms with E-state index in [4.69, 9.17) is 0 Å². The molecule has 1 heterocycles. The molecule has 1 saturated heterocycles. The van der Waals surface area contributed by atoms with Gasteiger partial charge in [-0.2, -0.15) is 0 Å². The van der Waals surface area contributed by atoms with Crippen LogP contribution < -0.4 is 16.0 Å². The zero-order valence-corrected chi connectivity index (χ0v) is 18.7. The Balaban J connectivity index is 1.56. The van der Waals surface area contributed by atoms with E-state index in [-0.39, 0.29) is 6.10 Å². The molecule has 6 nitrogen and oxygen atoms in total. The van der Waals surface area contributed by atoms with Crippen LogP contribution in [-0.4, -0.2) is 86.5 Å². The van der Waals surface area contributed by atoms with Gasteiger partial charge < -0.3 is 21.1 Å². The molecule has 1 aliphatic rings. The van der Waals surface area contributed by atoms with Gasteiger partial charge in [0.15, 0.2) is 0 Å². The van der Waals surface area contributed by atoms with E-state index in [1.807, 2.05) is 0 Å². The fourth-order valence-electron chi connectivity index (χ4n) is 4.02. The van der Waals surface area contributed by atoms with Crippen LogP contribution in [0.5, 0.6) is 0 Å².